The zero-order chi connectivity index (χ0) is 17.6. The van der Waals surface area contributed by atoms with Gasteiger partial charge in [0, 0.05) is 16.0 Å². The molecule has 4 nitrogen and oxygen atoms in total. The van der Waals surface area contributed by atoms with Crippen LogP contribution >= 0.6 is 27.5 Å². The van der Waals surface area contributed by atoms with Gasteiger partial charge < -0.3 is 4.74 Å². The summed E-state index contributed by atoms with van der Waals surface area (Å²) in [5.74, 6) is 0.770. The molecule has 0 radical (unpaired) electrons. The van der Waals surface area contributed by atoms with Crippen LogP contribution in [-0.2, 0) is 4.79 Å². The predicted octanol–water partition coefficient (Wildman–Crippen LogP) is 4.62. The van der Waals surface area contributed by atoms with Crippen molar-refractivity contribution >= 4 is 39.1 Å². The van der Waals surface area contributed by atoms with Crippen LogP contribution in [-0.4, -0.2) is 30.5 Å². The lowest BCUT2D eigenvalue weighted by atomic mass is 10.1. The molecule has 0 aliphatic carbocycles. The van der Waals surface area contributed by atoms with Crippen LogP contribution in [0.3, 0.4) is 0 Å². The quantitative estimate of drug-likeness (QED) is 0.725. The minimum Gasteiger partial charge on any atom is -0.495 e. The van der Waals surface area contributed by atoms with E-state index in [4.69, 9.17) is 16.3 Å². The van der Waals surface area contributed by atoms with Gasteiger partial charge in [0.25, 0.3) is 0 Å². The standard InChI is InChI=1S/C19H18BrClN2O2/c1-25-17-9-8-14(21)11-16(17)23-18(12-4-6-13(20)7-5-12)22-10-2-3-15(22)19(23)24/h4-9,11,15,18H,2-3,10H2,1H3. The highest BCUT2D eigenvalue weighted by Crippen LogP contribution is 2.45. The average Bonchev–Trinajstić information content (AvgIpc) is 3.18. The summed E-state index contributed by atoms with van der Waals surface area (Å²) in [4.78, 5) is 17.3. The lowest BCUT2D eigenvalue weighted by Crippen LogP contribution is -2.32. The van der Waals surface area contributed by atoms with E-state index >= 15 is 0 Å². The number of rotatable bonds is 3. The van der Waals surface area contributed by atoms with E-state index in [0.29, 0.717) is 10.8 Å². The number of methoxy groups -OCH3 is 1. The van der Waals surface area contributed by atoms with E-state index in [1.54, 1.807) is 13.2 Å². The number of benzene rings is 2. The number of amides is 1. The molecule has 2 aliphatic heterocycles. The third-order valence-electron chi connectivity index (χ3n) is 4.94. The second kappa shape index (κ2) is 6.63. The average molecular weight is 422 g/mol. The van der Waals surface area contributed by atoms with Gasteiger partial charge in [0.15, 0.2) is 0 Å². The normalized spacial score (nSPS) is 23.2. The molecule has 0 spiro atoms. The van der Waals surface area contributed by atoms with Crippen LogP contribution in [0.4, 0.5) is 5.69 Å². The Morgan fingerprint density at radius 3 is 2.68 bits per heavy atom. The van der Waals surface area contributed by atoms with Crippen molar-refractivity contribution in [1.29, 1.82) is 0 Å². The first-order chi connectivity index (χ1) is 12.1. The number of fused-ring (bicyclic) bond motifs is 1. The van der Waals surface area contributed by atoms with E-state index in [2.05, 4.69) is 33.0 Å². The van der Waals surface area contributed by atoms with Gasteiger partial charge in [-0.05, 0) is 48.7 Å². The summed E-state index contributed by atoms with van der Waals surface area (Å²) >= 11 is 9.70. The highest BCUT2D eigenvalue weighted by atomic mass is 79.9. The Morgan fingerprint density at radius 2 is 1.96 bits per heavy atom. The molecule has 130 valence electrons. The van der Waals surface area contributed by atoms with E-state index in [1.165, 1.54) is 0 Å². The van der Waals surface area contributed by atoms with Crippen molar-refractivity contribution in [3.8, 4) is 5.75 Å². The fraction of sp³-hybridized carbons (Fsp3) is 0.316. The van der Waals surface area contributed by atoms with Gasteiger partial charge in [0.1, 0.15) is 11.9 Å². The van der Waals surface area contributed by atoms with E-state index in [9.17, 15) is 4.79 Å². The molecule has 2 unspecified atom stereocenters. The summed E-state index contributed by atoms with van der Waals surface area (Å²) < 4.78 is 6.53. The van der Waals surface area contributed by atoms with Gasteiger partial charge in [-0.25, -0.2) is 0 Å². The zero-order valence-electron chi connectivity index (χ0n) is 13.8. The first-order valence-electron chi connectivity index (χ1n) is 8.28. The minimum absolute atomic E-state index is 0.0719. The lowest BCUT2D eigenvalue weighted by Gasteiger charge is -2.30. The Labute approximate surface area is 160 Å². The van der Waals surface area contributed by atoms with Crippen molar-refractivity contribution in [2.45, 2.75) is 25.0 Å². The molecule has 2 aliphatic rings. The van der Waals surface area contributed by atoms with Crippen LogP contribution in [0.25, 0.3) is 0 Å². The Morgan fingerprint density at radius 1 is 1.20 bits per heavy atom. The topological polar surface area (TPSA) is 32.8 Å². The van der Waals surface area contributed by atoms with E-state index in [-0.39, 0.29) is 18.1 Å². The highest BCUT2D eigenvalue weighted by Gasteiger charge is 2.50. The van der Waals surface area contributed by atoms with Gasteiger partial charge in [-0.2, -0.15) is 0 Å². The van der Waals surface area contributed by atoms with Crippen LogP contribution in [0.1, 0.15) is 24.6 Å². The molecule has 6 heteroatoms. The second-order valence-electron chi connectivity index (χ2n) is 6.35. The second-order valence-corrected chi connectivity index (χ2v) is 7.70. The SMILES string of the molecule is COc1ccc(Cl)cc1N1C(=O)C2CCCN2C1c1ccc(Br)cc1. The summed E-state index contributed by atoms with van der Waals surface area (Å²) in [7, 11) is 1.61. The van der Waals surface area contributed by atoms with Crippen LogP contribution < -0.4 is 9.64 Å². The van der Waals surface area contributed by atoms with Gasteiger partial charge in [0.2, 0.25) is 5.91 Å². The zero-order valence-corrected chi connectivity index (χ0v) is 16.1. The maximum atomic E-state index is 13.2. The molecule has 2 saturated heterocycles. The van der Waals surface area contributed by atoms with Crippen LogP contribution in [0.5, 0.6) is 5.75 Å². The molecule has 25 heavy (non-hydrogen) atoms. The van der Waals surface area contributed by atoms with Crippen molar-refractivity contribution in [3.63, 3.8) is 0 Å². The minimum atomic E-state index is -0.138. The molecule has 1 amide bonds. The number of ether oxygens (including phenoxy) is 1. The molecular formula is C19H18BrClN2O2. The molecule has 4 rings (SSSR count). The molecule has 0 N–H and O–H groups in total. The number of anilines is 1. The maximum absolute atomic E-state index is 13.2. The van der Waals surface area contributed by atoms with Crippen molar-refractivity contribution in [1.82, 2.24) is 4.90 Å². The van der Waals surface area contributed by atoms with Crippen molar-refractivity contribution in [2.75, 3.05) is 18.6 Å². The van der Waals surface area contributed by atoms with Gasteiger partial charge in [-0.15, -0.1) is 0 Å². The third kappa shape index (κ3) is 2.84. The third-order valence-corrected chi connectivity index (χ3v) is 5.71. The van der Waals surface area contributed by atoms with E-state index in [1.807, 2.05) is 29.2 Å². The molecule has 2 aromatic rings. The number of nitrogens with zero attached hydrogens (tertiary/aromatic N) is 2. The monoisotopic (exact) mass is 420 g/mol. The molecule has 0 bridgehead atoms. The van der Waals surface area contributed by atoms with Crippen LogP contribution in [0, 0.1) is 0 Å². The lowest BCUT2D eigenvalue weighted by molar-refractivity contribution is -0.119. The van der Waals surface area contributed by atoms with Crippen molar-refractivity contribution in [3.05, 3.63) is 57.5 Å². The molecule has 2 fully saturated rings. The Bertz CT molecular complexity index is 812. The molecule has 2 atom stereocenters. The van der Waals surface area contributed by atoms with E-state index < -0.39 is 0 Å². The van der Waals surface area contributed by atoms with Gasteiger partial charge in [0.05, 0.1) is 18.8 Å². The fourth-order valence-electron chi connectivity index (χ4n) is 3.85. The number of halogens is 2. The van der Waals surface area contributed by atoms with Gasteiger partial charge in [-0.3, -0.25) is 14.6 Å². The Hall–Kier alpha value is -1.56. The molecular weight excluding hydrogens is 404 g/mol. The maximum Gasteiger partial charge on any atom is 0.246 e. The molecule has 2 heterocycles. The smallest absolute Gasteiger partial charge is 0.246 e. The largest absolute Gasteiger partial charge is 0.495 e. The summed E-state index contributed by atoms with van der Waals surface area (Å²) in [6, 6.07) is 13.5. The number of hydrogen-bond acceptors (Lipinski definition) is 3. The fourth-order valence-corrected chi connectivity index (χ4v) is 4.28. The molecule has 2 aromatic carbocycles. The summed E-state index contributed by atoms with van der Waals surface area (Å²) in [6.45, 7) is 0.913. The van der Waals surface area contributed by atoms with Crippen LogP contribution in [0.15, 0.2) is 46.9 Å². The van der Waals surface area contributed by atoms with Crippen molar-refractivity contribution in [2.24, 2.45) is 0 Å². The Kier molecular flexibility index (Phi) is 4.48. The molecule has 0 aromatic heterocycles. The summed E-state index contributed by atoms with van der Waals surface area (Å²) in [5.41, 5.74) is 1.81. The van der Waals surface area contributed by atoms with Crippen LogP contribution in [0.2, 0.25) is 5.02 Å². The van der Waals surface area contributed by atoms with Gasteiger partial charge in [-0.1, -0.05) is 39.7 Å². The van der Waals surface area contributed by atoms with Gasteiger partial charge >= 0.3 is 0 Å². The number of hydrogen-bond donors (Lipinski definition) is 0. The number of carbonyl (C=O) groups is 1. The highest BCUT2D eigenvalue weighted by molar-refractivity contribution is 9.10. The summed E-state index contributed by atoms with van der Waals surface area (Å²) in [6.07, 6.45) is 1.80. The first-order valence-corrected chi connectivity index (χ1v) is 9.45. The summed E-state index contributed by atoms with van der Waals surface area (Å²) in [5, 5.41) is 0.588. The van der Waals surface area contributed by atoms with E-state index in [0.717, 1.165) is 35.1 Å². The van der Waals surface area contributed by atoms with Crippen molar-refractivity contribution < 1.29 is 9.53 Å². The number of carbonyl (C=O) groups excluding carboxylic acids is 1. The first kappa shape index (κ1) is 16.9. The molecule has 0 saturated carbocycles. The predicted molar refractivity (Wildman–Crippen MR) is 102 cm³/mol. The Balaban J connectivity index is 1.85.